The lowest BCUT2D eigenvalue weighted by molar-refractivity contribution is -0.120. The maximum atomic E-state index is 12.2. The van der Waals surface area contributed by atoms with Crippen LogP contribution in [0.1, 0.15) is 48.7 Å². The Bertz CT molecular complexity index is 780. The smallest absolute Gasteiger partial charge is 0.226 e. The topological polar surface area (TPSA) is 75.9 Å². The number of carbonyl (C=O) groups is 1. The van der Waals surface area contributed by atoms with Gasteiger partial charge in [-0.05, 0) is 32.6 Å². The van der Waals surface area contributed by atoms with Gasteiger partial charge in [-0.15, -0.1) is 0 Å². The second kappa shape index (κ2) is 7.15. The van der Waals surface area contributed by atoms with E-state index in [-0.39, 0.29) is 5.91 Å². The van der Waals surface area contributed by atoms with E-state index in [0.717, 1.165) is 41.9 Å². The van der Waals surface area contributed by atoms with Crippen molar-refractivity contribution in [1.82, 2.24) is 29.7 Å². The monoisotopic (exact) mass is 354 g/mol. The average Bonchev–Trinajstić information content (AvgIpc) is 3.35. The summed E-state index contributed by atoms with van der Waals surface area (Å²) < 4.78 is 2.21. The van der Waals surface area contributed by atoms with Crippen LogP contribution in [-0.4, -0.2) is 43.4 Å². The molecule has 4 rings (SSSR count). The molecule has 0 unspecified atom stereocenters. The first kappa shape index (κ1) is 17.1. The molecule has 1 aliphatic heterocycles. The van der Waals surface area contributed by atoms with E-state index in [1.807, 2.05) is 13.1 Å². The zero-order chi connectivity index (χ0) is 18.1. The number of nitrogens with zero attached hydrogens (tertiary/aromatic N) is 5. The molecule has 7 heteroatoms. The molecule has 138 valence electrons. The second-order valence-corrected chi connectivity index (χ2v) is 7.50. The van der Waals surface area contributed by atoms with Crippen molar-refractivity contribution >= 4 is 5.91 Å². The van der Waals surface area contributed by atoms with Crippen LogP contribution in [0.2, 0.25) is 0 Å². The van der Waals surface area contributed by atoms with Gasteiger partial charge in [-0.1, -0.05) is 0 Å². The van der Waals surface area contributed by atoms with Crippen LogP contribution in [0.5, 0.6) is 0 Å². The van der Waals surface area contributed by atoms with Gasteiger partial charge in [0, 0.05) is 32.0 Å². The van der Waals surface area contributed by atoms with Crippen LogP contribution in [0.25, 0.3) is 0 Å². The van der Waals surface area contributed by atoms with Gasteiger partial charge in [0.1, 0.15) is 5.82 Å². The number of carbonyl (C=O) groups excluding carboxylic acids is 1. The highest BCUT2D eigenvalue weighted by Gasteiger charge is 2.31. The SMILES string of the molecule is Cc1cnc(CNC(=O)Cc2cn3c(n2)[C@H](C)N(CC2CC2)CC3)cn1. The molecule has 0 spiro atoms. The number of amides is 1. The molecule has 1 fully saturated rings. The molecule has 0 radical (unpaired) electrons. The summed E-state index contributed by atoms with van der Waals surface area (Å²) in [6.45, 7) is 7.72. The zero-order valence-electron chi connectivity index (χ0n) is 15.5. The maximum absolute atomic E-state index is 12.2. The average molecular weight is 354 g/mol. The zero-order valence-corrected chi connectivity index (χ0v) is 15.5. The van der Waals surface area contributed by atoms with Gasteiger partial charge >= 0.3 is 0 Å². The summed E-state index contributed by atoms with van der Waals surface area (Å²) >= 11 is 0. The number of aryl methyl sites for hydroxylation is 1. The lowest BCUT2D eigenvalue weighted by Crippen LogP contribution is -2.38. The second-order valence-electron chi connectivity index (χ2n) is 7.50. The van der Waals surface area contributed by atoms with Crippen LogP contribution in [0, 0.1) is 12.8 Å². The molecule has 0 bridgehead atoms. The predicted molar refractivity (Wildman–Crippen MR) is 97.3 cm³/mol. The van der Waals surface area contributed by atoms with Gasteiger partial charge in [0.25, 0.3) is 0 Å². The highest BCUT2D eigenvalue weighted by Crippen LogP contribution is 2.33. The normalized spacial score (nSPS) is 20.0. The third-order valence-electron chi connectivity index (χ3n) is 5.24. The van der Waals surface area contributed by atoms with Gasteiger partial charge in [0.15, 0.2) is 0 Å². The Kier molecular flexibility index (Phi) is 4.72. The standard InChI is InChI=1S/C19H26N6O/c1-13-8-21-17(9-20-13)10-22-18(26)7-16-12-25-6-5-24(11-15-3-4-15)14(2)19(25)23-16/h8-9,12,14-15H,3-7,10-11H2,1-2H3,(H,22,26)/t14-/m0/s1. The number of hydrogen-bond acceptors (Lipinski definition) is 5. The fourth-order valence-electron chi connectivity index (χ4n) is 3.49. The quantitative estimate of drug-likeness (QED) is 0.853. The van der Waals surface area contributed by atoms with Gasteiger partial charge < -0.3 is 9.88 Å². The third kappa shape index (κ3) is 3.93. The number of rotatable bonds is 6. The van der Waals surface area contributed by atoms with Gasteiger partial charge in [-0.2, -0.15) is 0 Å². The lowest BCUT2D eigenvalue weighted by atomic mass is 10.2. The molecule has 2 aromatic rings. The number of nitrogens with one attached hydrogen (secondary N) is 1. The number of fused-ring (bicyclic) bond motifs is 1. The summed E-state index contributed by atoms with van der Waals surface area (Å²) in [6.07, 6.45) is 8.48. The molecule has 0 aromatic carbocycles. The van der Waals surface area contributed by atoms with Crippen LogP contribution in [0.15, 0.2) is 18.6 Å². The lowest BCUT2D eigenvalue weighted by Gasteiger charge is -2.33. The van der Waals surface area contributed by atoms with Crippen molar-refractivity contribution in [2.75, 3.05) is 13.1 Å². The van der Waals surface area contributed by atoms with Crippen molar-refractivity contribution in [2.24, 2.45) is 5.92 Å². The van der Waals surface area contributed by atoms with Crippen LogP contribution in [-0.2, 0) is 24.3 Å². The Labute approximate surface area is 153 Å². The minimum atomic E-state index is -0.0367. The minimum absolute atomic E-state index is 0.0367. The van der Waals surface area contributed by atoms with Crippen LogP contribution >= 0.6 is 0 Å². The van der Waals surface area contributed by atoms with Crippen molar-refractivity contribution in [3.63, 3.8) is 0 Å². The maximum Gasteiger partial charge on any atom is 0.226 e. The molecule has 3 heterocycles. The molecule has 1 aliphatic carbocycles. The fraction of sp³-hybridized carbons (Fsp3) is 0.579. The van der Waals surface area contributed by atoms with Crippen molar-refractivity contribution in [2.45, 2.75) is 52.2 Å². The molecular weight excluding hydrogens is 328 g/mol. The predicted octanol–water partition coefficient (Wildman–Crippen LogP) is 1.63. The number of hydrogen-bond donors (Lipinski definition) is 1. The first-order chi connectivity index (χ1) is 12.6. The van der Waals surface area contributed by atoms with E-state index in [9.17, 15) is 4.79 Å². The van der Waals surface area contributed by atoms with Gasteiger partial charge in [-0.25, -0.2) is 4.98 Å². The molecule has 2 aliphatic rings. The van der Waals surface area contributed by atoms with E-state index in [1.54, 1.807) is 12.4 Å². The number of aromatic nitrogens is 4. The van der Waals surface area contributed by atoms with Gasteiger partial charge in [0.05, 0.1) is 42.3 Å². The first-order valence-electron chi connectivity index (χ1n) is 9.42. The molecular formula is C19H26N6O. The van der Waals surface area contributed by atoms with Gasteiger partial charge in [-0.3, -0.25) is 19.7 Å². The van der Waals surface area contributed by atoms with Crippen molar-refractivity contribution in [3.05, 3.63) is 41.5 Å². The first-order valence-corrected chi connectivity index (χ1v) is 9.42. The van der Waals surface area contributed by atoms with Crippen LogP contribution in [0.3, 0.4) is 0 Å². The fourth-order valence-corrected chi connectivity index (χ4v) is 3.49. The van der Waals surface area contributed by atoms with Crippen molar-refractivity contribution in [1.29, 1.82) is 0 Å². The Morgan fingerprint density at radius 3 is 2.81 bits per heavy atom. The molecule has 1 atom stereocenters. The Morgan fingerprint density at radius 2 is 2.08 bits per heavy atom. The molecule has 1 amide bonds. The van der Waals surface area contributed by atoms with E-state index in [1.165, 1.54) is 19.4 Å². The van der Waals surface area contributed by atoms with E-state index in [4.69, 9.17) is 4.98 Å². The highest BCUT2D eigenvalue weighted by atomic mass is 16.1. The van der Waals surface area contributed by atoms with E-state index in [0.29, 0.717) is 19.0 Å². The summed E-state index contributed by atoms with van der Waals surface area (Å²) in [7, 11) is 0. The summed E-state index contributed by atoms with van der Waals surface area (Å²) in [6, 6.07) is 0.323. The molecule has 7 nitrogen and oxygen atoms in total. The summed E-state index contributed by atoms with van der Waals surface area (Å²) in [5.41, 5.74) is 2.47. The van der Waals surface area contributed by atoms with E-state index in [2.05, 4.69) is 31.7 Å². The van der Waals surface area contributed by atoms with Crippen LogP contribution in [0.4, 0.5) is 0 Å². The molecule has 26 heavy (non-hydrogen) atoms. The minimum Gasteiger partial charge on any atom is -0.350 e. The van der Waals surface area contributed by atoms with Crippen LogP contribution < -0.4 is 5.32 Å². The number of imidazole rings is 1. The molecule has 2 aromatic heterocycles. The molecule has 1 N–H and O–H groups in total. The largest absolute Gasteiger partial charge is 0.350 e. The van der Waals surface area contributed by atoms with E-state index >= 15 is 0 Å². The van der Waals surface area contributed by atoms with Crippen molar-refractivity contribution in [3.8, 4) is 0 Å². The molecule has 1 saturated carbocycles. The highest BCUT2D eigenvalue weighted by molar-refractivity contribution is 5.78. The summed E-state index contributed by atoms with van der Waals surface area (Å²) in [4.78, 5) is 28.0. The summed E-state index contributed by atoms with van der Waals surface area (Å²) in [5, 5.41) is 2.90. The Hall–Kier alpha value is -2.28. The summed E-state index contributed by atoms with van der Waals surface area (Å²) in [5.74, 6) is 1.93. The van der Waals surface area contributed by atoms with Gasteiger partial charge in [0.2, 0.25) is 5.91 Å². The Morgan fingerprint density at radius 1 is 1.23 bits per heavy atom. The van der Waals surface area contributed by atoms with Crippen molar-refractivity contribution < 1.29 is 4.79 Å². The third-order valence-corrected chi connectivity index (χ3v) is 5.24. The molecule has 0 saturated heterocycles. The van der Waals surface area contributed by atoms with E-state index < -0.39 is 0 Å². The Balaban J connectivity index is 1.34.